The largest absolute Gasteiger partial charge is 0.462 e. The molecule has 0 radical (unpaired) electrons. The predicted octanol–water partition coefficient (Wildman–Crippen LogP) is 3.15. The van der Waals surface area contributed by atoms with Crippen molar-refractivity contribution >= 4 is 40.0 Å². The number of hydrogen-bond donors (Lipinski definition) is 1. The summed E-state index contributed by atoms with van der Waals surface area (Å²) in [5, 5.41) is 15.0. The summed E-state index contributed by atoms with van der Waals surface area (Å²) in [7, 11) is 1.70. The van der Waals surface area contributed by atoms with E-state index >= 15 is 0 Å². The van der Waals surface area contributed by atoms with E-state index in [0.29, 0.717) is 15.7 Å². The van der Waals surface area contributed by atoms with Crippen LogP contribution in [0.15, 0.2) is 35.5 Å². The van der Waals surface area contributed by atoms with Crippen LogP contribution in [-0.4, -0.2) is 44.4 Å². The number of amides is 1. The molecule has 0 aliphatic rings. The fraction of sp³-hybridized carbons (Fsp3) is 0.278. The molecule has 1 amide bonds. The third-order valence-electron chi connectivity index (χ3n) is 3.83. The van der Waals surface area contributed by atoms with Crippen molar-refractivity contribution in [2.24, 2.45) is 7.05 Å². The van der Waals surface area contributed by atoms with Gasteiger partial charge in [-0.3, -0.25) is 4.79 Å². The van der Waals surface area contributed by atoms with Gasteiger partial charge in [0, 0.05) is 11.9 Å². The van der Waals surface area contributed by atoms with Gasteiger partial charge in [0.15, 0.2) is 0 Å². The van der Waals surface area contributed by atoms with Crippen LogP contribution >= 0.6 is 23.1 Å². The lowest BCUT2D eigenvalue weighted by molar-refractivity contribution is -0.113. The highest BCUT2D eigenvalue weighted by molar-refractivity contribution is 7.99. The predicted molar refractivity (Wildman–Crippen MR) is 109 cm³/mol. The maximum absolute atomic E-state index is 12.5. The van der Waals surface area contributed by atoms with Crippen molar-refractivity contribution in [1.29, 1.82) is 0 Å². The highest BCUT2D eigenvalue weighted by Crippen LogP contribution is 2.40. The Hall–Kier alpha value is -2.72. The smallest absolute Gasteiger partial charge is 0.341 e. The molecule has 0 saturated carbocycles. The van der Waals surface area contributed by atoms with Crippen LogP contribution in [0.3, 0.4) is 0 Å². The zero-order valence-electron chi connectivity index (χ0n) is 15.6. The minimum Gasteiger partial charge on any atom is -0.462 e. The maximum atomic E-state index is 12.5. The highest BCUT2D eigenvalue weighted by atomic mass is 32.2. The SMILES string of the molecule is CCOC(=O)c1c(NC(=O)CSc2nnnn2C)sc(-c2ccccc2)c1C. The van der Waals surface area contributed by atoms with E-state index in [2.05, 4.69) is 20.8 Å². The second-order valence-corrected chi connectivity index (χ2v) is 7.73. The van der Waals surface area contributed by atoms with Gasteiger partial charge in [-0.1, -0.05) is 42.1 Å². The van der Waals surface area contributed by atoms with Gasteiger partial charge in [0.05, 0.1) is 17.9 Å². The number of aryl methyl sites for hydroxylation is 1. The number of benzene rings is 1. The molecule has 0 atom stereocenters. The fourth-order valence-electron chi connectivity index (χ4n) is 2.55. The lowest BCUT2D eigenvalue weighted by Crippen LogP contribution is -2.16. The molecule has 10 heteroatoms. The summed E-state index contributed by atoms with van der Waals surface area (Å²) < 4.78 is 6.69. The third-order valence-corrected chi connectivity index (χ3v) is 6.10. The first-order valence-corrected chi connectivity index (χ1v) is 10.3. The molecule has 2 aromatic heterocycles. The number of tetrazole rings is 1. The number of rotatable bonds is 7. The van der Waals surface area contributed by atoms with Crippen LogP contribution in [-0.2, 0) is 16.6 Å². The average molecular weight is 418 g/mol. The Morgan fingerprint density at radius 2 is 2.04 bits per heavy atom. The van der Waals surface area contributed by atoms with Crippen molar-refractivity contribution < 1.29 is 14.3 Å². The molecule has 1 N–H and O–H groups in total. The Morgan fingerprint density at radius 1 is 1.29 bits per heavy atom. The van der Waals surface area contributed by atoms with E-state index in [1.165, 1.54) is 27.8 Å². The minimum atomic E-state index is -0.445. The van der Waals surface area contributed by atoms with Crippen molar-refractivity contribution in [2.45, 2.75) is 19.0 Å². The number of thioether (sulfide) groups is 1. The van der Waals surface area contributed by atoms with Crippen molar-refractivity contribution in [3.63, 3.8) is 0 Å². The molecule has 3 aromatic rings. The topological polar surface area (TPSA) is 99.0 Å². The van der Waals surface area contributed by atoms with Crippen molar-refractivity contribution in [3.8, 4) is 10.4 Å². The van der Waals surface area contributed by atoms with Gasteiger partial charge in [-0.05, 0) is 35.4 Å². The van der Waals surface area contributed by atoms with Crippen LogP contribution in [0.1, 0.15) is 22.8 Å². The lowest BCUT2D eigenvalue weighted by Gasteiger charge is -2.07. The Kier molecular flexibility index (Phi) is 6.42. The quantitative estimate of drug-likeness (QED) is 0.466. The van der Waals surface area contributed by atoms with E-state index in [1.807, 2.05) is 37.3 Å². The number of carbonyl (C=O) groups is 2. The van der Waals surface area contributed by atoms with Gasteiger partial charge in [-0.15, -0.1) is 16.4 Å². The van der Waals surface area contributed by atoms with Crippen LogP contribution in [0.5, 0.6) is 0 Å². The Balaban J connectivity index is 1.85. The summed E-state index contributed by atoms with van der Waals surface area (Å²) in [4.78, 5) is 25.9. The standard InChI is InChI=1S/C18H19N5O3S2/c1-4-26-17(25)14-11(2)15(12-8-6-5-7-9-12)28-16(14)19-13(24)10-27-18-20-21-22-23(18)3/h5-9H,4,10H2,1-3H3,(H,19,24). The number of carbonyl (C=O) groups excluding carboxylic acids is 2. The Bertz CT molecular complexity index is 985. The maximum Gasteiger partial charge on any atom is 0.341 e. The number of esters is 1. The molecule has 0 aliphatic heterocycles. The van der Waals surface area contributed by atoms with Gasteiger partial charge in [0.2, 0.25) is 11.1 Å². The molecule has 8 nitrogen and oxygen atoms in total. The van der Waals surface area contributed by atoms with Crippen LogP contribution in [0, 0.1) is 6.92 Å². The van der Waals surface area contributed by atoms with Crippen LogP contribution < -0.4 is 5.32 Å². The van der Waals surface area contributed by atoms with Crippen molar-refractivity contribution in [2.75, 3.05) is 17.7 Å². The van der Waals surface area contributed by atoms with Crippen molar-refractivity contribution in [3.05, 3.63) is 41.5 Å². The van der Waals surface area contributed by atoms with Gasteiger partial charge < -0.3 is 10.1 Å². The first kappa shape index (κ1) is 20.0. The van der Waals surface area contributed by atoms with E-state index in [4.69, 9.17) is 4.74 Å². The number of hydrogen-bond acceptors (Lipinski definition) is 8. The van der Waals surface area contributed by atoms with E-state index in [-0.39, 0.29) is 18.3 Å². The van der Waals surface area contributed by atoms with Gasteiger partial charge in [0.1, 0.15) is 5.00 Å². The van der Waals surface area contributed by atoms with E-state index in [0.717, 1.165) is 16.0 Å². The molecule has 2 heterocycles. The molecule has 0 saturated heterocycles. The summed E-state index contributed by atoms with van der Waals surface area (Å²) in [5.41, 5.74) is 2.16. The first-order chi connectivity index (χ1) is 13.5. The number of nitrogens with zero attached hydrogens (tertiary/aromatic N) is 4. The van der Waals surface area contributed by atoms with Gasteiger partial charge >= 0.3 is 5.97 Å². The Morgan fingerprint density at radius 3 is 2.68 bits per heavy atom. The fourth-order valence-corrected chi connectivity index (χ4v) is 4.42. The zero-order chi connectivity index (χ0) is 20.1. The summed E-state index contributed by atoms with van der Waals surface area (Å²) >= 11 is 2.58. The van der Waals surface area contributed by atoms with E-state index in [9.17, 15) is 9.59 Å². The monoisotopic (exact) mass is 417 g/mol. The number of aromatic nitrogens is 4. The molecule has 0 fully saturated rings. The number of anilines is 1. The summed E-state index contributed by atoms with van der Waals surface area (Å²) in [6, 6.07) is 9.73. The molecule has 0 unspecified atom stereocenters. The molecular formula is C18H19N5O3S2. The molecule has 0 spiro atoms. The summed E-state index contributed by atoms with van der Waals surface area (Å²) in [5.74, 6) is -0.577. The zero-order valence-corrected chi connectivity index (χ0v) is 17.3. The molecule has 0 bridgehead atoms. The summed E-state index contributed by atoms with van der Waals surface area (Å²) in [6.07, 6.45) is 0. The van der Waals surface area contributed by atoms with Gasteiger partial charge in [-0.2, -0.15) is 0 Å². The normalized spacial score (nSPS) is 10.7. The molecular weight excluding hydrogens is 398 g/mol. The van der Waals surface area contributed by atoms with Gasteiger partial charge in [0.25, 0.3) is 0 Å². The van der Waals surface area contributed by atoms with Crippen LogP contribution in [0.2, 0.25) is 0 Å². The van der Waals surface area contributed by atoms with E-state index < -0.39 is 5.97 Å². The molecule has 3 rings (SSSR count). The average Bonchev–Trinajstić information content (AvgIpc) is 3.23. The second-order valence-electron chi connectivity index (χ2n) is 5.77. The second kappa shape index (κ2) is 8.98. The lowest BCUT2D eigenvalue weighted by atomic mass is 10.1. The van der Waals surface area contributed by atoms with Gasteiger partial charge in [-0.25, -0.2) is 9.48 Å². The number of ether oxygens (including phenoxy) is 1. The molecule has 28 heavy (non-hydrogen) atoms. The molecule has 146 valence electrons. The molecule has 1 aromatic carbocycles. The van der Waals surface area contributed by atoms with Crippen molar-refractivity contribution in [1.82, 2.24) is 20.2 Å². The minimum absolute atomic E-state index is 0.119. The number of nitrogens with one attached hydrogen (secondary N) is 1. The van der Waals surface area contributed by atoms with E-state index in [1.54, 1.807) is 14.0 Å². The summed E-state index contributed by atoms with van der Waals surface area (Å²) in [6.45, 7) is 3.87. The van der Waals surface area contributed by atoms with Crippen LogP contribution in [0.4, 0.5) is 5.00 Å². The Labute approximate surface area is 170 Å². The third kappa shape index (κ3) is 4.39. The first-order valence-electron chi connectivity index (χ1n) is 8.52. The highest BCUT2D eigenvalue weighted by Gasteiger charge is 2.24. The molecule has 0 aliphatic carbocycles. The van der Waals surface area contributed by atoms with Crippen LogP contribution in [0.25, 0.3) is 10.4 Å². The number of thiophene rings is 1.